The highest BCUT2D eigenvalue weighted by atomic mass is 31.2. The summed E-state index contributed by atoms with van der Waals surface area (Å²) in [5, 5.41) is 0. The molecular weight excluding hydrogens is 966 g/mol. The summed E-state index contributed by atoms with van der Waals surface area (Å²) in [6.45, 7) is 4.10. The number of allylic oxidation sites excluding steroid dienone is 24. The maximum atomic E-state index is 12.8. The second kappa shape index (κ2) is 55.6. The number of quaternary nitrogens is 1. The average Bonchev–Trinajstić information content (AvgIpc) is 3.38. The van der Waals surface area contributed by atoms with Crippen molar-refractivity contribution in [3.63, 3.8) is 0 Å². The molecule has 0 saturated carbocycles. The Morgan fingerprint density at radius 1 is 0.408 bits per heavy atom. The number of hydrogen-bond donors (Lipinski definition) is 1. The van der Waals surface area contributed by atoms with Crippen molar-refractivity contribution < 1.29 is 42.1 Å². The first kappa shape index (κ1) is 71.9. The summed E-state index contributed by atoms with van der Waals surface area (Å²) < 4.78 is 34.5. The Bertz CT molecular complexity index is 1790. The van der Waals surface area contributed by atoms with Gasteiger partial charge in [-0.3, -0.25) is 18.6 Å². The molecule has 0 amide bonds. The summed E-state index contributed by atoms with van der Waals surface area (Å²) >= 11 is 0. The van der Waals surface area contributed by atoms with Crippen LogP contribution in [0.1, 0.15) is 206 Å². The topological polar surface area (TPSA) is 108 Å². The number of hydrogen-bond acceptors (Lipinski definition) is 7. The van der Waals surface area contributed by atoms with E-state index in [1.807, 2.05) is 33.3 Å². The first-order valence-electron chi connectivity index (χ1n) is 29.6. The summed E-state index contributed by atoms with van der Waals surface area (Å²) in [5.74, 6) is -0.905. The number of phosphoric ester groups is 1. The van der Waals surface area contributed by atoms with Crippen molar-refractivity contribution >= 4 is 19.8 Å². The first-order valence-corrected chi connectivity index (χ1v) is 31.1. The molecule has 76 heavy (non-hydrogen) atoms. The smallest absolute Gasteiger partial charge is 0.462 e. The highest BCUT2D eigenvalue weighted by Gasteiger charge is 2.27. The lowest BCUT2D eigenvalue weighted by Crippen LogP contribution is -2.37. The highest BCUT2D eigenvalue weighted by Crippen LogP contribution is 2.43. The molecule has 0 heterocycles. The second-order valence-corrected chi connectivity index (χ2v) is 21.7. The number of likely N-dealkylation sites (N-methyl/N-ethyl adjacent to an activating group) is 1. The van der Waals surface area contributed by atoms with Gasteiger partial charge in [-0.15, -0.1) is 0 Å². The van der Waals surface area contributed by atoms with Crippen LogP contribution in [-0.4, -0.2) is 74.9 Å². The van der Waals surface area contributed by atoms with Crippen LogP contribution in [0.5, 0.6) is 0 Å². The molecule has 0 aliphatic rings. The third kappa shape index (κ3) is 59.1. The zero-order valence-corrected chi connectivity index (χ0v) is 49.6. The van der Waals surface area contributed by atoms with Gasteiger partial charge in [-0.25, -0.2) is 4.57 Å². The molecule has 0 saturated heterocycles. The SMILES string of the molecule is CC/C=C\C/C=C\C/C=C\C/C=C\C/C=C\C/C=C\CCCCCCCCCCCCCCCCC(=O)OC(COC(=O)CC/C=C\C/C=C\C/C=C\C/C=C\C/C=C\C/C=C\CC)COP(=O)(O)OCC[N+](C)(C)C. The molecular formula is C66H109NO8P+. The van der Waals surface area contributed by atoms with Gasteiger partial charge in [0.15, 0.2) is 6.10 Å². The summed E-state index contributed by atoms with van der Waals surface area (Å²) in [4.78, 5) is 35.6. The van der Waals surface area contributed by atoms with E-state index in [4.69, 9.17) is 18.5 Å². The van der Waals surface area contributed by atoms with Gasteiger partial charge >= 0.3 is 19.8 Å². The molecule has 430 valence electrons. The van der Waals surface area contributed by atoms with Crippen molar-refractivity contribution in [1.82, 2.24) is 0 Å². The summed E-state index contributed by atoms with van der Waals surface area (Å²) in [6.07, 6.45) is 82.3. The van der Waals surface area contributed by atoms with Crippen molar-refractivity contribution in [2.45, 2.75) is 213 Å². The number of carbonyl (C=O) groups is 2. The normalized spacial score (nSPS) is 14.3. The third-order valence-electron chi connectivity index (χ3n) is 11.9. The lowest BCUT2D eigenvalue weighted by Gasteiger charge is -2.24. The molecule has 0 aromatic carbocycles. The van der Waals surface area contributed by atoms with E-state index in [1.54, 1.807) is 0 Å². The van der Waals surface area contributed by atoms with Gasteiger partial charge in [-0.05, 0) is 103 Å². The zero-order chi connectivity index (χ0) is 55.6. The molecule has 1 N–H and O–H groups in total. The molecule has 0 radical (unpaired) electrons. The predicted octanol–water partition coefficient (Wildman–Crippen LogP) is 18.7. The maximum absolute atomic E-state index is 12.8. The van der Waals surface area contributed by atoms with Crippen LogP contribution in [0, 0.1) is 0 Å². The van der Waals surface area contributed by atoms with Gasteiger partial charge in [0.2, 0.25) is 0 Å². The van der Waals surface area contributed by atoms with Crippen LogP contribution < -0.4 is 0 Å². The van der Waals surface area contributed by atoms with E-state index < -0.39 is 32.5 Å². The molecule has 2 unspecified atom stereocenters. The standard InChI is InChI=1S/C66H108NO8P/c1-6-8-10-12-14-16-18-20-22-24-26-27-28-29-30-31-32-33-34-35-36-37-38-39-41-43-45-47-49-51-53-55-57-59-66(69)75-64(63-74-76(70,71)73-61-60-67(3,4)5)62-72-65(68)58-56-54-52-50-48-46-44-42-40-25-23-21-19-17-15-13-11-9-7-2/h8-11,14-17,20-23,26-27,29-30,32-33,40,42,46,48,52,54,64H,6-7,12-13,18-19,24-25,28,31,34-39,41,43-45,47,49-51,53,55-63H2,1-5H3/p+1/b10-8-,11-9-,16-14-,17-15-,22-20-,23-21-,27-26-,30-29-,33-32-,42-40-,48-46-,54-52-. The molecule has 0 fully saturated rings. The molecule has 0 aromatic rings. The fourth-order valence-corrected chi connectivity index (χ4v) is 8.14. The van der Waals surface area contributed by atoms with Crippen molar-refractivity contribution in [2.75, 3.05) is 47.5 Å². The number of carbonyl (C=O) groups excluding carboxylic acids is 2. The Morgan fingerprint density at radius 3 is 1.11 bits per heavy atom. The van der Waals surface area contributed by atoms with Crippen LogP contribution in [0.2, 0.25) is 0 Å². The fraction of sp³-hybridized carbons (Fsp3) is 0.606. The van der Waals surface area contributed by atoms with Gasteiger partial charge in [0.25, 0.3) is 0 Å². The molecule has 0 aromatic heterocycles. The van der Waals surface area contributed by atoms with E-state index in [0.717, 1.165) is 96.3 Å². The summed E-state index contributed by atoms with van der Waals surface area (Å²) in [6, 6.07) is 0. The number of phosphoric acid groups is 1. The summed E-state index contributed by atoms with van der Waals surface area (Å²) in [5.41, 5.74) is 0. The van der Waals surface area contributed by atoms with Crippen molar-refractivity contribution in [3.05, 3.63) is 146 Å². The lowest BCUT2D eigenvalue weighted by atomic mass is 10.0. The Kier molecular flexibility index (Phi) is 52.6. The average molecular weight is 1080 g/mol. The van der Waals surface area contributed by atoms with Crippen LogP contribution in [0.4, 0.5) is 0 Å². The van der Waals surface area contributed by atoms with E-state index in [0.29, 0.717) is 23.9 Å². The Morgan fingerprint density at radius 2 is 0.737 bits per heavy atom. The molecule has 0 bridgehead atoms. The quantitative estimate of drug-likeness (QED) is 0.0211. The highest BCUT2D eigenvalue weighted by molar-refractivity contribution is 7.47. The number of rotatable bonds is 52. The minimum atomic E-state index is -4.41. The van der Waals surface area contributed by atoms with Crippen molar-refractivity contribution in [2.24, 2.45) is 0 Å². The van der Waals surface area contributed by atoms with Crippen LogP contribution in [0.15, 0.2) is 146 Å². The number of ether oxygens (including phenoxy) is 2. The van der Waals surface area contributed by atoms with Crippen LogP contribution in [0.3, 0.4) is 0 Å². The van der Waals surface area contributed by atoms with Gasteiger partial charge in [-0.1, -0.05) is 237 Å². The van der Waals surface area contributed by atoms with E-state index >= 15 is 0 Å². The van der Waals surface area contributed by atoms with Gasteiger partial charge in [0.05, 0.1) is 27.7 Å². The molecule has 10 heteroatoms. The second-order valence-electron chi connectivity index (χ2n) is 20.3. The Labute approximate surface area is 465 Å². The Balaban J connectivity index is 4.21. The number of nitrogens with zero attached hydrogens (tertiary/aromatic N) is 1. The predicted molar refractivity (Wildman–Crippen MR) is 325 cm³/mol. The van der Waals surface area contributed by atoms with Crippen LogP contribution in [-0.2, 0) is 32.7 Å². The van der Waals surface area contributed by atoms with Gasteiger partial charge in [-0.2, -0.15) is 0 Å². The largest absolute Gasteiger partial charge is 0.472 e. The van der Waals surface area contributed by atoms with Gasteiger partial charge in [0.1, 0.15) is 19.8 Å². The molecule has 0 spiro atoms. The van der Waals surface area contributed by atoms with Crippen LogP contribution >= 0.6 is 7.82 Å². The molecule has 0 rings (SSSR count). The van der Waals surface area contributed by atoms with Crippen LogP contribution in [0.25, 0.3) is 0 Å². The molecule has 0 aliphatic carbocycles. The van der Waals surface area contributed by atoms with E-state index in [1.165, 1.54) is 70.6 Å². The van der Waals surface area contributed by atoms with E-state index in [-0.39, 0.29) is 26.1 Å². The van der Waals surface area contributed by atoms with E-state index in [9.17, 15) is 19.0 Å². The molecule has 2 atom stereocenters. The minimum absolute atomic E-state index is 0.0129. The minimum Gasteiger partial charge on any atom is -0.462 e. The fourth-order valence-electron chi connectivity index (χ4n) is 7.40. The maximum Gasteiger partial charge on any atom is 0.472 e. The van der Waals surface area contributed by atoms with Crippen molar-refractivity contribution in [1.29, 1.82) is 0 Å². The third-order valence-corrected chi connectivity index (χ3v) is 12.9. The molecule has 0 aliphatic heterocycles. The summed E-state index contributed by atoms with van der Waals surface area (Å²) in [7, 11) is 1.42. The molecule has 9 nitrogen and oxygen atoms in total. The number of esters is 2. The monoisotopic (exact) mass is 1070 g/mol. The van der Waals surface area contributed by atoms with Gasteiger partial charge in [0, 0.05) is 12.8 Å². The van der Waals surface area contributed by atoms with Gasteiger partial charge < -0.3 is 18.9 Å². The van der Waals surface area contributed by atoms with Crippen molar-refractivity contribution in [3.8, 4) is 0 Å². The first-order chi connectivity index (χ1) is 37.0. The number of unbranched alkanes of at least 4 members (excludes halogenated alkanes) is 14. The zero-order valence-electron chi connectivity index (χ0n) is 48.7. The van der Waals surface area contributed by atoms with E-state index in [2.05, 4.69) is 148 Å². The lowest BCUT2D eigenvalue weighted by molar-refractivity contribution is -0.870. The Hall–Kier alpha value is -4.11.